The Morgan fingerprint density at radius 3 is 2.60 bits per heavy atom. The maximum absolute atomic E-state index is 12.1. The number of carbonyl (C=O) groups excluding carboxylic acids is 2. The molecule has 0 spiro atoms. The zero-order chi connectivity index (χ0) is 18.4. The van der Waals surface area contributed by atoms with Gasteiger partial charge in [0.15, 0.2) is 6.61 Å². The lowest BCUT2D eigenvalue weighted by atomic mass is 10.1. The fourth-order valence-corrected chi connectivity index (χ4v) is 2.34. The topological polar surface area (TPSA) is 98.5 Å². The number of carbonyl (C=O) groups is 2. The van der Waals surface area contributed by atoms with Crippen LogP contribution in [0.5, 0.6) is 0 Å². The summed E-state index contributed by atoms with van der Waals surface area (Å²) in [6, 6.07) is 11.7. The van der Waals surface area contributed by atoms with Crippen molar-refractivity contribution in [1.82, 2.24) is 0 Å². The molecule has 0 fully saturated rings. The Morgan fingerprint density at radius 2 is 1.92 bits per heavy atom. The van der Waals surface area contributed by atoms with Crippen LogP contribution in [0.15, 0.2) is 42.5 Å². The summed E-state index contributed by atoms with van der Waals surface area (Å²) in [5.41, 5.74) is 1.52. The van der Waals surface area contributed by atoms with Gasteiger partial charge in [0.2, 0.25) is 0 Å². The number of esters is 1. The molecule has 7 heteroatoms. The third-order valence-electron chi connectivity index (χ3n) is 3.59. The van der Waals surface area contributed by atoms with Crippen LogP contribution >= 0.6 is 0 Å². The fraction of sp³-hybridized carbons (Fsp3) is 0.222. The van der Waals surface area contributed by atoms with E-state index in [2.05, 4.69) is 5.32 Å². The summed E-state index contributed by atoms with van der Waals surface area (Å²) in [7, 11) is 0. The number of ether oxygens (including phenoxy) is 1. The van der Waals surface area contributed by atoms with Crippen LogP contribution in [0.3, 0.4) is 0 Å². The predicted octanol–water partition coefficient (Wildman–Crippen LogP) is 3.26. The van der Waals surface area contributed by atoms with E-state index >= 15 is 0 Å². The summed E-state index contributed by atoms with van der Waals surface area (Å²) in [6.45, 7) is 3.00. The summed E-state index contributed by atoms with van der Waals surface area (Å²) >= 11 is 0. The summed E-state index contributed by atoms with van der Waals surface area (Å²) < 4.78 is 4.91. The van der Waals surface area contributed by atoms with Gasteiger partial charge < -0.3 is 10.1 Å². The first-order valence-corrected chi connectivity index (χ1v) is 7.72. The van der Waals surface area contributed by atoms with E-state index in [1.54, 1.807) is 6.07 Å². The Balaban J connectivity index is 2.01. The Kier molecular flexibility index (Phi) is 5.84. The molecule has 1 N–H and O–H groups in total. The highest BCUT2D eigenvalue weighted by Gasteiger charge is 2.24. The SMILES string of the molecule is CCc1cccc(NC(=O)COC(=O)c2cccc(C)c2[N+](=O)[O-])c1. The predicted molar refractivity (Wildman–Crippen MR) is 92.6 cm³/mol. The minimum absolute atomic E-state index is 0.175. The van der Waals surface area contributed by atoms with Crippen LogP contribution in [0.2, 0.25) is 0 Å². The maximum atomic E-state index is 12.1. The molecule has 0 radical (unpaired) electrons. The molecule has 2 rings (SSSR count). The number of anilines is 1. The van der Waals surface area contributed by atoms with Crippen LogP contribution in [0.25, 0.3) is 0 Å². The van der Waals surface area contributed by atoms with Gasteiger partial charge in [0, 0.05) is 11.3 Å². The maximum Gasteiger partial charge on any atom is 0.345 e. The van der Waals surface area contributed by atoms with Crippen molar-refractivity contribution < 1.29 is 19.2 Å². The first-order chi connectivity index (χ1) is 11.9. The van der Waals surface area contributed by atoms with E-state index in [1.165, 1.54) is 25.1 Å². The summed E-state index contributed by atoms with van der Waals surface area (Å²) in [6.07, 6.45) is 0.829. The zero-order valence-corrected chi connectivity index (χ0v) is 13.9. The van der Waals surface area contributed by atoms with Gasteiger partial charge >= 0.3 is 5.97 Å². The molecular formula is C18H18N2O5. The van der Waals surface area contributed by atoms with Gasteiger partial charge in [0.25, 0.3) is 11.6 Å². The summed E-state index contributed by atoms with van der Waals surface area (Å²) in [4.78, 5) is 34.5. The lowest BCUT2D eigenvalue weighted by molar-refractivity contribution is -0.385. The molecule has 130 valence electrons. The number of hydrogen-bond donors (Lipinski definition) is 1. The number of hydrogen-bond acceptors (Lipinski definition) is 5. The van der Waals surface area contributed by atoms with Crippen LogP contribution < -0.4 is 5.32 Å². The number of nitro benzene ring substituents is 1. The van der Waals surface area contributed by atoms with Gasteiger partial charge in [0.05, 0.1) is 4.92 Å². The highest BCUT2D eigenvalue weighted by atomic mass is 16.6. The molecule has 0 saturated carbocycles. The zero-order valence-electron chi connectivity index (χ0n) is 13.9. The number of para-hydroxylation sites is 1. The average molecular weight is 342 g/mol. The molecule has 0 aliphatic carbocycles. The van der Waals surface area contributed by atoms with Crippen molar-refractivity contribution in [3.05, 3.63) is 69.3 Å². The van der Waals surface area contributed by atoms with Gasteiger partial charge in [-0.2, -0.15) is 0 Å². The number of nitrogens with one attached hydrogen (secondary N) is 1. The molecule has 0 atom stereocenters. The molecule has 2 aromatic rings. The first-order valence-electron chi connectivity index (χ1n) is 7.72. The van der Waals surface area contributed by atoms with E-state index in [9.17, 15) is 19.7 Å². The fourth-order valence-electron chi connectivity index (χ4n) is 2.34. The van der Waals surface area contributed by atoms with Crippen LogP contribution in [-0.4, -0.2) is 23.4 Å². The van der Waals surface area contributed by atoms with Gasteiger partial charge in [-0.25, -0.2) is 4.79 Å². The van der Waals surface area contributed by atoms with E-state index in [-0.39, 0.29) is 11.3 Å². The quantitative estimate of drug-likeness (QED) is 0.493. The molecule has 7 nitrogen and oxygen atoms in total. The van der Waals surface area contributed by atoms with Gasteiger partial charge in [0.1, 0.15) is 5.56 Å². The highest BCUT2D eigenvalue weighted by molar-refractivity contribution is 5.97. The van der Waals surface area contributed by atoms with E-state index in [0.717, 1.165) is 12.0 Å². The number of benzene rings is 2. The molecular weight excluding hydrogens is 324 g/mol. The van der Waals surface area contributed by atoms with Gasteiger partial charge in [-0.15, -0.1) is 0 Å². The molecule has 0 bridgehead atoms. The van der Waals surface area contributed by atoms with Crippen LogP contribution in [0, 0.1) is 17.0 Å². The second-order valence-electron chi connectivity index (χ2n) is 5.41. The number of nitro groups is 1. The molecule has 0 aromatic heterocycles. The lowest BCUT2D eigenvalue weighted by Crippen LogP contribution is -2.21. The molecule has 1 amide bonds. The minimum atomic E-state index is -0.909. The Bertz CT molecular complexity index is 817. The molecule has 0 aliphatic rings. The van der Waals surface area contributed by atoms with Gasteiger partial charge in [-0.1, -0.05) is 31.2 Å². The molecule has 0 heterocycles. The number of aryl methyl sites for hydroxylation is 2. The molecule has 0 aliphatic heterocycles. The van der Waals surface area contributed by atoms with Crippen LogP contribution in [0.4, 0.5) is 11.4 Å². The third kappa shape index (κ3) is 4.63. The molecule has 2 aromatic carbocycles. The van der Waals surface area contributed by atoms with Gasteiger partial charge in [-0.3, -0.25) is 14.9 Å². The van der Waals surface area contributed by atoms with E-state index in [1.807, 2.05) is 25.1 Å². The monoisotopic (exact) mass is 342 g/mol. The molecule has 0 unspecified atom stereocenters. The third-order valence-corrected chi connectivity index (χ3v) is 3.59. The highest BCUT2D eigenvalue weighted by Crippen LogP contribution is 2.23. The number of rotatable bonds is 6. The van der Waals surface area contributed by atoms with E-state index < -0.39 is 23.4 Å². The van der Waals surface area contributed by atoms with Crippen LogP contribution in [0.1, 0.15) is 28.4 Å². The van der Waals surface area contributed by atoms with Gasteiger partial charge in [-0.05, 0) is 37.1 Å². The van der Waals surface area contributed by atoms with Crippen molar-refractivity contribution in [1.29, 1.82) is 0 Å². The summed E-state index contributed by atoms with van der Waals surface area (Å²) in [5, 5.41) is 13.7. The van der Waals surface area contributed by atoms with Crippen LogP contribution in [-0.2, 0) is 16.0 Å². The standard InChI is InChI=1S/C18H18N2O5/c1-3-13-7-5-8-14(10-13)19-16(21)11-25-18(22)15-9-4-6-12(2)17(15)20(23)24/h4-10H,3,11H2,1-2H3,(H,19,21). The molecule has 0 saturated heterocycles. The summed E-state index contributed by atoms with van der Waals surface area (Å²) in [5.74, 6) is -1.43. The largest absolute Gasteiger partial charge is 0.452 e. The second kappa shape index (κ2) is 8.05. The van der Waals surface area contributed by atoms with Crippen molar-refractivity contribution in [2.75, 3.05) is 11.9 Å². The van der Waals surface area contributed by atoms with Crippen molar-refractivity contribution >= 4 is 23.3 Å². The van der Waals surface area contributed by atoms with E-state index in [4.69, 9.17) is 4.74 Å². The Labute approximate surface area is 144 Å². The second-order valence-corrected chi connectivity index (χ2v) is 5.41. The average Bonchev–Trinajstić information content (AvgIpc) is 2.59. The first kappa shape index (κ1) is 18.1. The van der Waals surface area contributed by atoms with Crippen molar-refractivity contribution in [2.45, 2.75) is 20.3 Å². The molecule has 25 heavy (non-hydrogen) atoms. The van der Waals surface area contributed by atoms with Crippen molar-refractivity contribution in [3.63, 3.8) is 0 Å². The lowest BCUT2D eigenvalue weighted by Gasteiger charge is -2.08. The number of amides is 1. The Morgan fingerprint density at radius 1 is 1.20 bits per heavy atom. The number of nitrogens with zero attached hydrogens (tertiary/aromatic N) is 1. The van der Waals surface area contributed by atoms with Crippen molar-refractivity contribution in [2.24, 2.45) is 0 Å². The smallest absolute Gasteiger partial charge is 0.345 e. The van der Waals surface area contributed by atoms with E-state index in [0.29, 0.717) is 11.3 Å². The Hall–Kier alpha value is -3.22. The minimum Gasteiger partial charge on any atom is -0.452 e. The normalized spacial score (nSPS) is 10.2. The van der Waals surface area contributed by atoms with Crippen molar-refractivity contribution in [3.8, 4) is 0 Å².